The highest BCUT2D eigenvalue weighted by Crippen LogP contribution is 2.38. The predicted molar refractivity (Wildman–Crippen MR) is 176 cm³/mol. The lowest BCUT2D eigenvalue weighted by Gasteiger charge is -2.36. The van der Waals surface area contributed by atoms with Crippen LogP contribution >= 0.6 is 0 Å². The van der Waals surface area contributed by atoms with Crippen molar-refractivity contribution >= 4 is 12.2 Å². The van der Waals surface area contributed by atoms with Crippen LogP contribution in [0.4, 0.5) is 18.4 Å². The van der Waals surface area contributed by atoms with Crippen LogP contribution in [0.25, 0.3) is 0 Å². The van der Waals surface area contributed by atoms with E-state index in [2.05, 4.69) is 0 Å². The number of fused-ring (bicyclic) bond motifs is 1. The molecule has 2 amide bonds. The van der Waals surface area contributed by atoms with Crippen molar-refractivity contribution in [2.24, 2.45) is 0 Å². The molecule has 8 nitrogen and oxygen atoms in total. The van der Waals surface area contributed by atoms with Crippen molar-refractivity contribution in [2.45, 2.75) is 129 Å². The fourth-order valence-corrected chi connectivity index (χ4v) is 6.65. The molecular weight excluding hydrogens is 606 g/mol. The number of aliphatic hydroxyl groups excluding tert-OH is 1. The molecule has 2 aromatic rings. The number of hydrogen-bond acceptors (Lipinski definition) is 6. The van der Waals surface area contributed by atoms with Crippen molar-refractivity contribution in [3.8, 4) is 0 Å². The lowest BCUT2D eigenvalue weighted by Crippen LogP contribution is -2.43. The molecule has 2 unspecified atom stereocenters. The minimum atomic E-state index is -0.831. The van der Waals surface area contributed by atoms with Crippen molar-refractivity contribution in [3.05, 3.63) is 70.3 Å². The molecule has 4 atom stereocenters. The van der Waals surface area contributed by atoms with Crippen LogP contribution in [0.15, 0.2) is 36.4 Å². The summed E-state index contributed by atoms with van der Waals surface area (Å²) in [7, 11) is 0. The first-order valence-electron chi connectivity index (χ1n) is 16.9. The highest BCUT2D eigenvalue weighted by Gasteiger charge is 2.40. The van der Waals surface area contributed by atoms with Gasteiger partial charge in [0.2, 0.25) is 0 Å². The number of carbonyl (C=O) groups is 2. The van der Waals surface area contributed by atoms with Crippen LogP contribution < -0.4 is 0 Å². The number of aryl methyl sites for hydroxylation is 1. The Hall–Kier alpha value is -3.24. The molecule has 3 aliphatic heterocycles. The monoisotopic (exact) mass is 658 g/mol. The quantitative estimate of drug-likeness (QED) is 0.350. The van der Waals surface area contributed by atoms with Crippen LogP contribution in [0.5, 0.6) is 0 Å². The molecule has 10 heteroatoms. The van der Waals surface area contributed by atoms with Gasteiger partial charge in [0.25, 0.3) is 0 Å². The van der Waals surface area contributed by atoms with Gasteiger partial charge in [-0.2, -0.15) is 0 Å². The van der Waals surface area contributed by atoms with Gasteiger partial charge in [0.15, 0.2) is 0 Å². The summed E-state index contributed by atoms with van der Waals surface area (Å²) in [5.41, 5.74) is 2.41. The maximum Gasteiger partial charge on any atom is 0.410 e. The fourth-order valence-electron chi connectivity index (χ4n) is 6.65. The molecule has 0 spiro atoms. The Morgan fingerprint density at radius 3 is 2.17 bits per heavy atom. The summed E-state index contributed by atoms with van der Waals surface area (Å²) in [5.74, 6) is -0.523. The number of carbonyl (C=O) groups excluding carboxylic acids is 2. The van der Waals surface area contributed by atoms with Crippen LogP contribution in [0.2, 0.25) is 0 Å². The van der Waals surface area contributed by atoms with Gasteiger partial charge in [0, 0.05) is 13.1 Å². The van der Waals surface area contributed by atoms with Crippen molar-refractivity contribution < 1.29 is 37.7 Å². The minimum Gasteiger partial charge on any atom is -0.444 e. The van der Waals surface area contributed by atoms with Gasteiger partial charge in [-0.05, 0) is 127 Å². The molecule has 3 aliphatic rings. The molecule has 0 aliphatic carbocycles. The third-order valence-corrected chi connectivity index (χ3v) is 8.59. The van der Waals surface area contributed by atoms with E-state index < -0.39 is 23.4 Å². The van der Waals surface area contributed by atoms with Crippen molar-refractivity contribution in [3.63, 3.8) is 0 Å². The molecule has 47 heavy (non-hydrogen) atoms. The topological polar surface area (TPSA) is 88.5 Å². The first kappa shape index (κ1) is 36.6. The van der Waals surface area contributed by atoms with E-state index in [9.17, 15) is 23.5 Å². The Morgan fingerprint density at radius 2 is 1.51 bits per heavy atom. The predicted octanol–water partition coefficient (Wildman–Crippen LogP) is 8.05. The van der Waals surface area contributed by atoms with Gasteiger partial charge >= 0.3 is 12.2 Å². The zero-order valence-corrected chi connectivity index (χ0v) is 29.0. The Morgan fingerprint density at radius 1 is 0.915 bits per heavy atom. The van der Waals surface area contributed by atoms with E-state index in [1.807, 2.05) is 48.5 Å². The highest BCUT2D eigenvalue weighted by atomic mass is 19.1. The fraction of sp³-hybridized carbons (Fsp3) is 0.622. The standard InChI is InChI=1S/C19H28FNO3.C18H24FNO3/c1-5-7-13-12-14(20)9-10-15(13)17(22)16-8-6-11-21(16)18(23)24-19(2,3)4;1-18(2,3)23-17(21)20-9-4-5-15(20)16-14-7-6-13(19)11-12(14)8-10-22-16/h9-10,12,16-17,22H,5-8,11H2,1-4H3;6-7,11,15-16H,4-5,8-10H2,1-3H3/t16-,17?;15-,16?/m00/s1. The number of aliphatic hydroxyl groups is 1. The highest BCUT2D eigenvalue weighted by molar-refractivity contribution is 5.69. The molecule has 2 aromatic carbocycles. The van der Waals surface area contributed by atoms with Gasteiger partial charge in [-0.1, -0.05) is 25.5 Å². The molecule has 3 heterocycles. The van der Waals surface area contributed by atoms with E-state index in [1.54, 1.807) is 28.0 Å². The lowest BCUT2D eigenvalue weighted by molar-refractivity contribution is -0.0266. The molecule has 2 saturated heterocycles. The number of benzene rings is 2. The summed E-state index contributed by atoms with van der Waals surface area (Å²) >= 11 is 0. The Balaban J connectivity index is 0.000000213. The third kappa shape index (κ3) is 9.66. The average Bonchev–Trinajstić information content (AvgIpc) is 3.66. The smallest absolute Gasteiger partial charge is 0.410 e. The maximum atomic E-state index is 13.5. The molecular formula is C37H52F2N2O6. The molecule has 5 rings (SSSR count). The van der Waals surface area contributed by atoms with Crippen molar-refractivity contribution in [1.82, 2.24) is 9.80 Å². The summed E-state index contributed by atoms with van der Waals surface area (Å²) in [5, 5.41) is 10.9. The molecule has 2 fully saturated rings. The number of nitrogens with zero attached hydrogens (tertiary/aromatic N) is 2. The van der Waals surface area contributed by atoms with Crippen LogP contribution in [-0.2, 0) is 27.1 Å². The first-order chi connectivity index (χ1) is 22.1. The summed E-state index contributed by atoms with van der Waals surface area (Å²) in [4.78, 5) is 28.3. The van der Waals surface area contributed by atoms with Gasteiger partial charge in [0.05, 0.1) is 24.8 Å². The summed E-state index contributed by atoms with van der Waals surface area (Å²) in [6, 6.07) is 8.94. The number of hydrogen-bond donors (Lipinski definition) is 1. The largest absolute Gasteiger partial charge is 0.444 e. The van der Waals surface area contributed by atoms with E-state index >= 15 is 0 Å². The van der Waals surface area contributed by atoms with Gasteiger partial charge in [-0.25, -0.2) is 18.4 Å². The number of halogens is 2. The molecule has 0 radical (unpaired) electrons. The Kier molecular flexibility index (Phi) is 11.9. The normalized spacial score (nSPS) is 21.9. The van der Waals surface area contributed by atoms with E-state index in [-0.39, 0.29) is 35.9 Å². The number of likely N-dealkylation sites (tertiary alicyclic amines) is 2. The Labute approximate surface area is 278 Å². The van der Waals surface area contributed by atoms with E-state index in [0.29, 0.717) is 44.5 Å². The molecule has 0 bridgehead atoms. The minimum absolute atomic E-state index is 0.0469. The van der Waals surface area contributed by atoms with Crippen LogP contribution in [-0.4, -0.2) is 70.1 Å². The van der Waals surface area contributed by atoms with Gasteiger partial charge < -0.3 is 29.1 Å². The summed E-state index contributed by atoms with van der Waals surface area (Å²) in [6.07, 6.45) is 3.89. The van der Waals surface area contributed by atoms with E-state index in [0.717, 1.165) is 42.4 Å². The second kappa shape index (κ2) is 15.3. The molecule has 0 saturated carbocycles. The first-order valence-corrected chi connectivity index (χ1v) is 16.9. The second-order valence-corrected chi connectivity index (χ2v) is 14.7. The van der Waals surface area contributed by atoms with Gasteiger partial charge in [-0.3, -0.25) is 0 Å². The molecule has 260 valence electrons. The summed E-state index contributed by atoms with van der Waals surface area (Å²) in [6.45, 7) is 14.9. The van der Waals surface area contributed by atoms with E-state index in [1.165, 1.54) is 18.2 Å². The van der Waals surface area contributed by atoms with Gasteiger partial charge in [-0.15, -0.1) is 0 Å². The van der Waals surface area contributed by atoms with Crippen LogP contribution in [0.3, 0.4) is 0 Å². The maximum absolute atomic E-state index is 13.5. The van der Waals surface area contributed by atoms with Gasteiger partial charge in [0.1, 0.15) is 28.9 Å². The number of ether oxygens (including phenoxy) is 3. The number of amides is 2. The Bertz CT molecular complexity index is 1390. The van der Waals surface area contributed by atoms with Crippen LogP contribution in [0.1, 0.15) is 115 Å². The third-order valence-electron chi connectivity index (χ3n) is 8.59. The van der Waals surface area contributed by atoms with Crippen molar-refractivity contribution in [2.75, 3.05) is 19.7 Å². The lowest BCUT2D eigenvalue weighted by atomic mass is 9.92. The molecule has 0 aromatic heterocycles. The average molecular weight is 659 g/mol. The zero-order chi connectivity index (χ0) is 34.5. The summed E-state index contributed by atoms with van der Waals surface area (Å²) < 4.78 is 43.9. The SMILES string of the molecule is CC(C)(C)OC(=O)N1CCC[C@H]1C1OCCc2cc(F)ccc21.CCCc1cc(F)ccc1C(O)[C@@H]1CCCN1C(=O)OC(C)(C)C. The van der Waals surface area contributed by atoms with Crippen LogP contribution in [0, 0.1) is 11.6 Å². The van der Waals surface area contributed by atoms with Crippen molar-refractivity contribution in [1.29, 1.82) is 0 Å². The number of rotatable bonds is 5. The zero-order valence-electron chi connectivity index (χ0n) is 29.0. The van der Waals surface area contributed by atoms with E-state index in [4.69, 9.17) is 14.2 Å². The molecule has 1 N–H and O–H groups in total. The second-order valence-electron chi connectivity index (χ2n) is 14.7.